The lowest BCUT2D eigenvalue weighted by molar-refractivity contribution is -0.176. The number of hydrogen-bond acceptors (Lipinski definition) is 9. The maximum atomic E-state index is 15.3. The van der Waals surface area contributed by atoms with Crippen molar-refractivity contribution in [3.63, 3.8) is 0 Å². The van der Waals surface area contributed by atoms with Crippen LogP contribution in [0.5, 0.6) is 0 Å². The summed E-state index contributed by atoms with van der Waals surface area (Å²) in [6, 6.07) is 9.93. The molecule has 41 heavy (non-hydrogen) atoms. The average molecular weight is 580 g/mol. The number of ketones is 1. The van der Waals surface area contributed by atoms with Gasteiger partial charge >= 0.3 is 23.7 Å². The predicted molar refractivity (Wildman–Crippen MR) is 142 cm³/mol. The molecule has 1 aromatic carbocycles. The molecule has 2 aromatic rings. The highest BCUT2D eigenvalue weighted by molar-refractivity contribution is 5.84. The third kappa shape index (κ3) is 9.15. The fraction of sp³-hybridized carbons (Fsp3) is 0.536. The van der Waals surface area contributed by atoms with Crippen LogP contribution in [0.25, 0.3) is 0 Å². The summed E-state index contributed by atoms with van der Waals surface area (Å²) in [6.45, 7) is 1.34. The Morgan fingerprint density at radius 2 is 1.83 bits per heavy atom. The van der Waals surface area contributed by atoms with Crippen molar-refractivity contribution in [2.24, 2.45) is 0 Å². The molecule has 3 rings (SSSR count). The minimum absolute atomic E-state index is 0.0791. The van der Waals surface area contributed by atoms with Gasteiger partial charge in [0.15, 0.2) is 6.10 Å². The predicted octanol–water partition coefficient (Wildman–Crippen LogP) is 3.79. The Kier molecular flexibility index (Phi) is 11.9. The molecule has 1 aliphatic rings. The Morgan fingerprint density at radius 1 is 1.10 bits per heavy atom. The summed E-state index contributed by atoms with van der Waals surface area (Å²) in [5.41, 5.74) is -0.429. The number of unbranched alkanes of at least 4 members (excludes halogenated alkanes) is 4. The first-order valence-corrected chi connectivity index (χ1v) is 13.6. The lowest BCUT2D eigenvalue weighted by Crippen LogP contribution is -2.44. The number of hydrogen-bond donors (Lipinski definition) is 2. The lowest BCUT2D eigenvalue weighted by atomic mass is 10.1. The number of alkyl halides is 2. The molecule has 1 amide bonds. The summed E-state index contributed by atoms with van der Waals surface area (Å²) >= 11 is 0. The second kappa shape index (κ2) is 15.3. The Hall–Kier alpha value is -3.71. The van der Waals surface area contributed by atoms with Gasteiger partial charge in [0.2, 0.25) is 6.23 Å². The van der Waals surface area contributed by atoms with E-state index in [2.05, 4.69) is 17.2 Å². The maximum Gasteiger partial charge on any atom is 0.412 e. The topological polar surface area (TPSA) is 146 Å². The molecule has 11 nitrogen and oxygen atoms in total. The van der Waals surface area contributed by atoms with E-state index in [0.29, 0.717) is 11.0 Å². The van der Waals surface area contributed by atoms with E-state index in [0.717, 1.165) is 43.5 Å². The molecule has 3 atom stereocenters. The fourth-order valence-electron chi connectivity index (χ4n) is 4.29. The summed E-state index contributed by atoms with van der Waals surface area (Å²) in [4.78, 5) is 52.6. The molecule has 1 fully saturated rings. The van der Waals surface area contributed by atoms with Crippen LogP contribution in [0.3, 0.4) is 0 Å². The van der Waals surface area contributed by atoms with Crippen LogP contribution in [0.15, 0.2) is 47.4 Å². The van der Waals surface area contributed by atoms with Crippen LogP contribution in [0.2, 0.25) is 0 Å². The lowest BCUT2D eigenvalue weighted by Gasteiger charge is -2.24. The number of aromatic nitrogens is 2. The normalized spacial score (nSPS) is 19.5. The minimum atomic E-state index is -3.94. The van der Waals surface area contributed by atoms with Crippen molar-refractivity contribution in [2.45, 2.75) is 82.6 Å². The first-order chi connectivity index (χ1) is 19.6. The van der Waals surface area contributed by atoms with Gasteiger partial charge < -0.3 is 19.3 Å². The number of amides is 1. The van der Waals surface area contributed by atoms with E-state index in [9.17, 15) is 24.3 Å². The number of halogens is 2. The van der Waals surface area contributed by atoms with Crippen molar-refractivity contribution in [3.8, 4) is 0 Å². The largest absolute Gasteiger partial charge is 0.453 e. The summed E-state index contributed by atoms with van der Waals surface area (Å²) in [5.74, 6) is -5.51. The molecule has 1 saturated heterocycles. The number of benzene rings is 1. The number of nitrogens with one attached hydrogen (secondary N) is 1. The Balaban J connectivity index is 1.56. The van der Waals surface area contributed by atoms with E-state index in [-0.39, 0.29) is 31.0 Å². The van der Waals surface area contributed by atoms with Crippen molar-refractivity contribution < 1.29 is 42.5 Å². The standard InChI is InChI=1S/C28H35F2N3O8/c1-2-3-4-5-9-16-39-27(38)32-22-14-15-33(26(37)31-22)25-28(29,30)24(21(18-34)40-25)41-23(36)13-12-20(35)17-19-10-7-6-8-11-19/h6-8,10-11,14-15,21,24-25,34H,2-5,9,12-13,16-18H2,1H3,(H,31,32,37,38)/t21-,24-,25-/m1/s1. The van der Waals surface area contributed by atoms with Crippen LogP contribution >= 0.6 is 0 Å². The minimum Gasteiger partial charge on any atom is -0.453 e. The number of rotatable bonds is 15. The summed E-state index contributed by atoms with van der Waals surface area (Å²) < 4.78 is 46.3. The number of aliphatic hydroxyl groups is 1. The molecule has 0 saturated carbocycles. The summed E-state index contributed by atoms with van der Waals surface area (Å²) in [6.07, 6.45) is -1.82. The molecule has 0 bridgehead atoms. The molecule has 0 unspecified atom stereocenters. The third-order valence-corrected chi connectivity index (χ3v) is 6.43. The number of aliphatic hydroxyl groups excluding tert-OH is 1. The monoisotopic (exact) mass is 579 g/mol. The molecular weight excluding hydrogens is 544 g/mol. The van der Waals surface area contributed by atoms with Crippen molar-refractivity contribution in [1.82, 2.24) is 9.55 Å². The Labute approximate surface area is 235 Å². The fourth-order valence-corrected chi connectivity index (χ4v) is 4.29. The van der Waals surface area contributed by atoms with Crippen LogP contribution in [0, 0.1) is 0 Å². The zero-order valence-corrected chi connectivity index (χ0v) is 22.8. The van der Waals surface area contributed by atoms with Crippen molar-refractivity contribution in [1.29, 1.82) is 0 Å². The molecular formula is C28H35F2N3O8. The number of ether oxygens (including phenoxy) is 3. The van der Waals surface area contributed by atoms with E-state index in [1.165, 1.54) is 0 Å². The molecule has 0 aliphatic carbocycles. The zero-order chi connectivity index (χ0) is 29.8. The van der Waals surface area contributed by atoms with Gasteiger partial charge in [0, 0.05) is 19.0 Å². The van der Waals surface area contributed by atoms with Crippen molar-refractivity contribution in [2.75, 3.05) is 18.5 Å². The van der Waals surface area contributed by atoms with Gasteiger partial charge in [-0.05, 0) is 18.1 Å². The van der Waals surface area contributed by atoms with Crippen LogP contribution in [0.4, 0.5) is 19.4 Å². The number of esters is 1. The molecule has 2 N–H and O–H groups in total. The molecule has 2 heterocycles. The van der Waals surface area contributed by atoms with Gasteiger partial charge in [-0.1, -0.05) is 62.9 Å². The average Bonchev–Trinajstić information content (AvgIpc) is 3.19. The van der Waals surface area contributed by atoms with E-state index in [4.69, 9.17) is 14.2 Å². The molecule has 0 spiro atoms. The SMILES string of the molecule is CCCCCCCOC(=O)Nc1ccn([C@@H]2O[C@H](CO)[C@@H](OC(=O)CCC(=O)Cc3ccccc3)C2(F)F)c(=O)n1. The van der Waals surface area contributed by atoms with E-state index in [1.807, 2.05) is 0 Å². The number of nitrogens with zero attached hydrogens (tertiary/aromatic N) is 2. The first-order valence-electron chi connectivity index (χ1n) is 13.6. The number of Topliss-reactive ketones (excluding diaryl/α,β-unsaturated/α-hetero) is 1. The third-order valence-electron chi connectivity index (χ3n) is 6.43. The highest BCUT2D eigenvalue weighted by Gasteiger charge is 2.62. The highest BCUT2D eigenvalue weighted by atomic mass is 19.3. The summed E-state index contributed by atoms with van der Waals surface area (Å²) in [5, 5.41) is 11.9. The highest BCUT2D eigenvalue weighted by Crippen LogP contribution is 2.44. The van der Waals surface area contributed by atoms with Gasteiger partial charge in [-0.2, -0.15) is 13.8 Å². The number of anilines is 1. The quantitative estimate of drug-likeness (QED) is 0.238. The Morgan fingerprint density at radius 3 is 2.51 bits per heavy atom. The van der Waals surface area contributed by atoms with E-state index >= 15 is 8.78 Å². The van der Waals surface area contributed by atoms with Gasteiger partial charge in [-0.3, -0.25) is 19.5 Å². The number of carbonyl (C=O) groups excluding carboxylic acids is 3. The Bertz CT molecular complexity index is 1220. The van der Waals surface area contributed by atoms with Gasteiger partial charge in [0.25, 0.3) is 0 Å². The second-order valence-corrected chi connectivity index (χ2v) is 9.67. The van der Waals surface area contributed by atoms with Gasteiger partial charge in [0.1, 0.15) is 17.7 Å². The second-order valence-electron chi connectivity index (χ2n) is 9.67. The smallest absolute Gasteiger partial charge is 0.412 e. The van der Waals surface area contributed by atoms with Crippen LogP contribution in [-0.4, -0.2) is 63.8 Å². The van der Waals surface area contributed by atoms with Crippen LogP contribution in [-0.2, 0) is 30.2 Å². The van der Waals surface area contributed by atoms with Gasteiger partial charge in [-0.25, -0.2) is 9.59 Å². The summed E-state index contributed by atoms with van der Waals surface area (Å²) in [7, 11) is 0. The molecule has 13 heteroatoms. The van der Waals surface area contributed by atoms with Crippen molar-refractivity contribution >= 4 is 23.7 Å². The van der Waals surface area contributed by atoms with Crippen LogP contribution < -0.4 is 11.0 Å². The number of carbonyl (C=O) groups is 3. The van der Waals surface area contributed by atoms with Crippen LogP contribution in [0.1, 0.15) is 63.7 Å². The zero-order valence-electron chi connectivity index (χ0n) is 22.8. The molecule has 1 aliphatic heterocycles. The molecule has 1 aromatic heterocycles. The molecule has 0 radical (unpaired) electrons. The first kappa shape index (κ1) is 31.8. The molecule has 224 valence electrons. The van der Waals surface area contributed by atoms with E-state index < -0.39 is 55.1 Å². The van der Waals surface area contributed by atoms with Crippen molar-refractivity contribution in [3.05, 3.63) is 58.6 Å². The van der Waals surface area contributed by atoms with E-state index in [1.54, 1.807) is 30.3 Å². The maximum absolute atomic E-state index is 15.3. The van der Waals surface area contributed by atoms with Gasteiger partial charge in [-0.15, -0.1) is 0 Å². The van der Waals surface area contributed by atoms with Gasteiger partial charge in [0.05, 0.1) is 19.6 Å².